The fourth-order valence-electron chi connectivity index (χ4n) is 1.91. The summed E-state index contributed by atoms with van der Waals surface area (Å²) >= 11 is 1.61. The van der Waals surface area contributed by atoms with Crippen LogP contribution in [0.1, 0.15) is 47.0 Å². The second kappa shape index (κ2) is 14.4. The minimum absolute atomic E-state index is 0.0369. The van der Waals surface area contributed by atoms with E-state index in [0.29, 0.717) is 24.0 Å². The minimum atomic E-state index is -0.591. The summed E-state index contributed by atoms with van der Waals surface area (Å²) in [6.07, 6.45) is 0.582. The molecule has 0 rings (SSSR count). The number of thioether (sulfide) groups is 1. The van der Waals surface area contributed by atoms with E-state index in [4.69, 9.17) is 5.73 Å². The van der Waals surface area contributed by atoms with Crippen LogP contribution in [-0.2, 0) is 19.2 Å². The predicted octanol–water partition coefficient (Wildman–Crippen LogP) is 0.199. The van der Waals surface area contributed by atoms with Crippen LogP contribution in [0.25, 0.3) is 0 Å². The van der Waals surface area contributed by atoms with Crippen LogP contribution in [0.3, 0.4) is 0 Å². The monoisotopic (exact) mass is 402 g/mol. The molecule has 5 N–H and O–H groups in total. The molecule has 0 aliphatic rings. The first kappa shape index (κ1) is 25.4. The Balaban J connectivity index is 3.75. The lowest BCUT2D eigenvalue weighted by atomic mass is 10.1. The Labute approximate surface area is 166 Å². The van der Waals surface area contributed by atoms with Gasteiger partial charge < -0.3 is 21.7 Å². The van der Waals surface area contributed by atoms with Gasteiger partial charge >= 0.3 is 0 Å². The van der Waals surface area contributed by atoms with Crippen molar-refractivity contribution in [2.24, 2.45) is 11.7 Å². The number of hydrogen-bond acceptors (Lipinski definition) is 6. The molecule has 0 spiro atoms. The highest BCUT2D eigenvalue weighted by molar-refractivity contribution is 7.99. The van der Waals surface area contributed by atoms with Crippen molar-refractivity contribution >= 4 is 35.3 Å². The molecular weight excluding hydrogens is 368 g/mol. The SMILES string of the molecule is CC(C)SC[C@H](N)C(=O)NCCC(=O)NCCC(=O)NCCC(=O)C(C)C. The molecule has 27 heavy (non-hydrogen) atoms. The van der Waals surface area contributed by atoms with Gasteiger partial charge in [-0.15, -0.1) is 0 Å². The van der Waals surface area contributed by atoms with Crippen LogP contribution in [0.2, 0.25) is 0 Å². The number of hydrogen-bond donors (Lipinski definition) is 4. The van der Waals surface area contributed by atoms with E-state index in [9.17, 15) is 19.2 Å². The summed E-state index contributed by atoms with van der Waals surface area (Å²) in [5.41, 5.74) is 5.77. The maximum atomic E-state index is 11.8. The second-order valence-electron chi connectivity index (χ2n) is 6.85. The summed E-state index contributed by atoms with van der Waals surface area (Å²) in [7, 11) is 0. The number of carbonyl (C=O) groups excluding carboxylic acids is 4. The maximum Gasteiger partial charge on any atom is 0.237 e. The van der Waals surface area contributed by atoms with Gasteiger partial charge in [0.1, 0.15) is 5.78 Å². The van der Waals surface area contributed by atoms with E-state index >= 15 is 0 Å². The number of carbonyl (C=O) groups is 4. The Hall–Kier alpha value is -1.61. The summed E-state index contributed by atoms with van der Waals surface area (Å²) in [4.78, 5) is 46.5. The van der Waals surface area contributed by atoms with Crippen LogP contribution in [-0.4, -0.2) is 60.2 Å². The molecule has 0 saturated carbocycles. The summed E-state index contributed by atoms with van der Waals surface area (Å²) in [6.45, 7) is 8.43. The number of Topliss-reactive ketones (excluding diaryl/α,β-unsaturated/α-hetero) is 1. The van der Waals surface area contributed by atoms with Crippen molar-refractivity contribution in [1.29, 1.82) is 0 Å². The third kappa shape index (κ3) is 14.2. The Morgan fingerprint density at radius 1 is 0.815 bits per heavy atom. The number of nitrogens with one attached hydrogen (secondary N) is 3. The lowest BCUT2D eigenvalue weighted by Gasteiger charge is -2.13. The van der Waals surface area contributed by atoms with Gasteiger partial charge in [-0.3, -0.25) is 19.2 Å². The summed E-state index contributed by atoms with van der Waals surface area (Å²) in [5, 5.41) is 8.31. The van der Waals surface area contributed by atoms with Crippen LogP contribution in [0.15, 0.2) is 0 Å². The topological polar surface area (TPSA) is 130 Å². The van der Waals surface area contributed by atoms with Crippen LogP contribution < -0.4 is 21.7 Å². The molecule has 0 saturated heterocycles. The predicted molar refractivity (Wildman–Crippen MR) is 108 cm³/mol. The van der Waals surface area contributed by atoms with Gasteiger partial charge in [-0.1, -0.05) is 27.7 Å². The van der Waals surface area contributed by atoms with Gasteiger partial charge in [0.15, 0.2) is 0 Å². The average molecular weight is 403 g/mol. The lowest BCUT2D eigenvalue weighted by molar-refractivity contribution is -0.123. The normalized spacial score (nSPS) is 12.0. The molecule has 0 aromatic rings. The molecule has 0 aromatic heterocycles. The van der Waals surface area contributed by atoms with E-state index in [0.717, 1.165) is 0 Å². The molecule has 0 aliphatic carbocycles. The van der Waals surface area contributed by atoms with Crippen molar-refractivity contribution in [2.45, 2.75) is 58.2 Å². The fourth-order valence-corrected chi connectivity index (χ4v) is 2.65. The molecule has 0 aromatic carbocycles. The molecule has 0 aliphatic heterocycles. The molecule has 156 valence electrons. The van der Waals surface area contributed by atoms with E-state index in [-0.39, 0.29) is 55.4 Å². The first-order valence-corrected chi connectivity index (χ1v) is 10.4. The zero-order valence-corrected chi connectivity index (χ0v) is 17.6. The van der Waals surface area contributed by atoms with Crippen molar-refractivity contribution in [2.75, 3.05) is 25.4 Å². The smallest absolute Gasteiger partial charge is 0.237 e. The first-order chi connectivity index (χ1) is 12.6. The molecule has 8 nitrogen and oxygen atoms in total. The number of amides is 3. The van der Waals surface area contributed by atoms with Crippen LogP contribution in [0.5, 0.6) is 0 Å². The van der Waals surface area contributed by atoms with Gasteiger partial charge in [-0.05, 0) is 5.25 Å². The van der Waals surface area contributed by atoms with Crippen LogP contribution >= 0.6 is 11.8 Å². The fraction of sp³-hybridized carbons (Fsp3) is 0.778. The molecule has 3 amide bonds. The maximum absolute atomic E-state index is 11.8. The second-order valence-corrected chi connectivity index (χ2v) is 8.46. The zero-order valence-electron chi connectivity index (χ0n) is 16.8. The van der Waals surface area contributed by atoms with Gasteiger partial charge in [-0.2, -0.15) is 11.8 Å². The summed E-state index contributed by atoms with van der Waals surface area (Å²) in [5.74, 6) is -0.130. The standard InChI is InChI=1S/C18H34N4O4S/c1-12(2)15(23)5-8-20-16(24)6-9-21-17(25)7-10-22-18(26)14(19)11-27-13(3)4/h12-14H,5-11,19H2,1-4H3,(H,20,24)(H,21,25)(H,22,26)/t14-/m0/s1. The van der Waals surface area contributed by atoms with Crippen LogP contribution in [0.4, 0.5) is 0 Å². The van der Waals surface area contributed by atoms with Crippen molar-refractivity contribution in [3.63, 3.8) is 0 Å². The van der Waals surface area contributed by atoms with Gasteiger partial charge in [-0.25, -0.2) is 0 Å². The highest BCUT2D eigenvalue weighted by Crippen LogP contribution is 2.09. The minimum Gasteiger partial charge on any atom is -0.356 e. The molecule has 0 bridgehead atoms. The van der Waals surface area contributed by atoms with E-state index in [1.165, 1.54) is 0 Å². The highest BCUT2D eigenvalue weighted by Gasteiger charge is 2.14. The number of ketones is 1. The van der Waals surface area contributed by atoms with Crippen molar-refractivity contribution in [1.82, 2.24) is 16.0 Å². The van der Waals surface area contributed by atoms with Crippen molar-refractivity contribution in [3.8, 4) is 0 Å². The van der Waals surface area contributed by atoms with Crippen molar-refractivity contribution < 1.29 is 19.2 Å². The molecule has 0 heterocycles. The molecule has 1 atom stereocenters. The molecule has 0 unspecified atom stereocenters. The quantitative estimate of drug-likeness (QED) is 0.328. The largest absolute Gasteiger partial charge is 0.356 e. The Morgan fingerprint density at radius 2 is 1.30 bits per heavy atom. The molecule has 0 radical (unpaired) electrons. The third-order valence-electron chi connectivity index (χ3n) is 3.61. The average Bonchev–Trinajstić information content (AvgIpc) is 2.59. The van der Waals surface area contributed by atoms with E-state index in [1.54, 1.807) is 11.8 Å². The highest BCUT2D eigenvalue weighted by atomic mass is 32.2. The van der Waals surface area contributed by atoms with Gasteiger partial charge in [0, 0.05) is 50.6 Å². The van der Waals surface area contributed by atoms with E-state index in [1.807, 2.05) is 27.7 Å². The van der Waals surface area contributed by atoms with E-state index < -0.39 is 6.04 Å². The number of rotatable bonds is 14. The third-order valence-corrected chi connectivity index (χ3v) is 4.83. The Bertz CT molecular complexity index is 498. The lowest BCUT2D eigenvalue weighted by Crippen LogP contribution is -2.43. The molecular formula is C18H34N4O4S. The summed E-state index contributed by atoms with van der Waals surface area (Å²) < 4.78 is 0. The van der Waals surface area contributed by atoms with Crippen LogP contribution in [0, 0.1) is 5.92 Å². The number of nitrogens with two attached hydrogens (primary N) is 1. The van der Waals surface area contributed by atoms with Gasteiger partial charge in [0.2, 0.25) is 17.7 Å². The molecule has 0 fully saturated rings. The first-order valence-electron chi connectivity index (χ1n) is 9.34. The van der Waals surface area contributed by atoms with Gasteiger partial charge in [0.25, 0.3) is 0 Å². The zero-order chi connectivity index (χ0) is 20.8. The Kier molecular flexibility index (Phi) is 13.6. The van der Waals surface area contributed by atoms with Crippen molar-refractivity contribution in [3.05, 3.63) is 0 Å². The summed E-state index contributed by atoms with van der Waals surface area (Å²) in [6, 6.07) is -0.591. The van der Waals surface area contributed by atoms with Gasteiger partial charge in [0.05, 0.1) is 6.04 Å². The van der Waals surface area contributed by atoms with E-state index in [2.05, 4.69) is 16.0 Å². The molecule has 9 heteroatoms. The Morgan fingerprint density at radius 3 is 1.78 bits per heavy atom.